The van der Waals surface area contributed by atoms with Crippen molar-refractivity contribution < 1.29 is 19.1 Å². The normalized spacial score (nSPS) is 18.9. The monoisotopic (exact) mass is 266 g/mol. The maximum atomic E-state index is 13.0. The number of nitrogens with one attached hydrogen (secondary N) is 2. The molecule has 1 fully saturated rings. The Hall–Kier alpha value is -1.95. The van der Waals surface area contributed by atoms with E-state index in [1.807, 2.05) is 0 Å². The summed E-state index contributed by atoms with van der Waals surface area (Å²) in [5, 5.41) is 14.6. The number of halogens is 1. The van der Waals surface area contributed by atoms with Crippen molar-refractivity contribution in [2.45, 2.75) is 25.3 Å². The fourth-order valence-electron chi connectivity index (χ4n) is 2.10. The molecule has 1 aliphatic heterocycles. The Labute approximate surface area is 109 Å². The van der Waals surface area contributed by atoms with Crippen LogP contribution < -0.4 is 10.6 Å². The number of aromatic carboxylic acids is 1. The fraction of sp³-hybridized carbons (Fsp3) is 0.385. The van der Waals surface area contributed by atoms with Crippen LogP contribution in [0.3, 0.4) is 0 Å². The molecular formula is C13H15FN2O3. The van der Waals surface area contributed by atoms with E-state index in [1.54, 1.807) is 0 Å². The number of amides is 1. The summed E-state index contributed by atoms with van der Waals surface area (Å²) in [4.78, 5) is 23.0. The molecule has 5 nitrogen and oxygen atoms in total. The number of hydrogen-bond acceptors (Lipinski definition) is 3. The van der Waals surface area contributed by atoms with Crippen LogP contribution in [0.25, 0.3) is 0 Å². The quantitative estimate of drug-likeness (QED) is 0.776. The molecule has 2 rings (SSSR count). The second-order valence-electron chi connectivity index (χ2n) is 4.49. The highest BCUT2D eigenvalue weighted by molar-refractivity contribution is 6.02. The third-order valence-electron chi connectivity index (χ3n) is 3.10. The molecule has 0 radical (unpaired) electrons. The van der Waals surface area contributed by atoms with E-state index < -0.39 is 11.8 Å². The molecule has 0 bridgehead atoms. The van der Waals surface area contributed by atoms with Crippen LogP contribution in [0.4, 0.5) is 10.1 Å². The molecule has 1 saturated heterocycles. The summed E-state index contributed by atoms with van der Waals surface area (Å²) in [7, 11) is 0. The molecule has 0 spiro atoms. The number of rotatable bonds is 3. The van der Waals surface area contributed by atoms with E-state index in [4.69, 9.17) is 5.11 Å². The van der Waals surface area contributed by atoms with E-state index in [-0.39, 0.29) is 23.2 Å². The largest absolute Gasteiger partial charge is 0.478 e. The molecule has 1 atom stereocenters. The van der Waals surface area contributed by atoms with Crippen molar-refractivity contribution >= 4 is 17.6 Å². The number of benzene rings is 1. The molecule has 1 amide bonds. The van der Waals surface area contributed by atoms with Crippen molar-refractivity contribution in [2.75, 3.05) is 11.9 Å². The second-order valence-corrected chi connectivity index (χ2v) is 4.49. The molecule has 0 aliphatic carbocycles. The van der Waals surface area contributed by atoms with Crippen molar-refractivity contribution in [3.8, 4) is 0 Å². The summed E-state index contributed by atoms with van der Waals surface area (Å²) in [6, 6.07) is 2.96. The van der Waals surface area contributed by atoms with Gasteiger partial charge in [0.1, 0.15) is 5.82 Å². The first-order chi connectivity index (χ1) is 9.08. The molecule has 1 heterocycles. The number of carbonyl (C=O) groups excluding carboxylic acids is 1. The van der Waals surface area contributed by atoms with Crippen molar-refractivity contribution in [3.05, 3.63) is 29.6 Å². The van der Waals surface area contributed by atoms with Crippen molar-refractivity contribution in [3.63, 3.8) is 0 Å². The molecule has 3 N–H and O–H groups in total. The van der Waals surface area contributed by atoms with Gasteiger partial charge < -0.3 is 15.7 Å². The average Bonchev–Trinajstić information content (AvgIpc) is 2.41. The lowest BCUT2D eigenvalue weighted by atomic mass is 10.0. The first kappa shape index (κ1) is 13.5. The molecule has 1 aliphatic rings. The summed E-state index contributed by atoms with van der Waals surface area (Å²) in [6.45, 7) is 0.771. The smallest absolute Gasteiger partial charge is 0.337 e. The number of piperidine rings is 1. The number of hydrogen-bond donors (Lipinski definition) is 3. The van der Waals surface area contributed by atoms with Gasteiger partial charge in [-0.15, -0.1) is 0 Å². The summed E-state index contributed by atoms with van der Waals surface area (Å²) in [5.74, 6) is -2.20. The summed E-state index contributed by atoms with van der Waals surface area (Å²) >= 11 is 0. The number of carboxylic acid groups (broad SMARTS) is 1. The predicted molar refractivity (Wildman–Crippen MR) is 67.6 cm³/mol. The van der Waals surface area contributed by atoms with Crippen molar-refractivity contribution in [2.24, 2.45) is 0 Å². The summed E-state index contributed by atoms with van der Waals surface area (Å²) < 4.78 is 13.0. The Bertz CT molecular complexity index is 499. The molecule has 0 aromatic heterocycles. The zero-order valence-electron chi connectivity index (χ0n) is 10.3. The second kappa shape index (κ2) is 5.79. The van der Waals surface area contributed by atoms with Crippen LogP contribution in [-0.4, -0.2) is 29.6 Å². The molecular weight excluding hydrogens is 251 g/mol. The number of carbonyl (C=O) groups is 2. The van der Waals surface area contributed by atoms with Gasteiger partial charge in [0.2, 0.25) is 5.91 Å². The molecule has 1 unspecified atom stereocenters. The van der Waals surface area contributed by atoms with Crippen LogP contribution in [-0.2, 0) is 4.79 Å². The fourth-order valence-corrected chi connectivity index (χ4v) is 2.10. The van der Waals surface area contributed by atoms with Crippen LogP contribution in [0.15, 0.2) is 18.2 Å². The van der Waals surface area contributed by atoms with Crippen molar-refractivity contribution in [1.29, 1.82) is 0 Å². The maximum Gasteiger partial charge on any atom is 0.337 e. The average molecular weight is 266 g/mol. The molecule has 1 aromatic carbocycles. The van der Waals surface area contributed by atoms with Gasteiger partial charge in [-0.1, -0.05) is 6.42 Å². The highest BCUT2D eigenvalue weighted by Gasteiger charge is 2.22. The zero-order valence-corrected chi connectivity index (χ0v) is 10.3. The highest BCUT2D eigenvalue weighted by Crippen LogP contribution is 2.18. The zero-order chi connectivity index (χ0) is 13.8. The molecule has 102 valence electrons. The van der Waals surface area contributed by atoms with E-state index in [0.29, 0.717) is 0 Å². The molecule has 6 heteroatoms. The van der Waals surface area contributed by atoms with Gasteiger partial charge in [0, 0.05) is 0 Å². The van der Waals surface area contributed by atoms with Crippen LogP contribution in [0, 0.1) is 5.82 Å². The van der Waals surface area contributed by atoms with Gasteiger partial charge >= 0.3 is 5.97 Å². The van der Waals surface area contributed by atoms with Crippen LogP contribution in [0.2, 0.25) is 0 Å². The maximum absolute atomic E-state index is 13.0. The van der Waals surface area contributed by atoms with Gasteiger partial charge in [-0.2, -0.15) is 0 Å². The Morgan fingerprint density at radius 2 is 2.16 bits per heavy atom. The Morgan fingerprint density at radius 3 is 2.79 bits per heavy atom. The van der Waals surface area contributed by atoms with E-state index in [1.165, 1.54) is 6.07 Å². The third kappa shape index (κ3) is 3.29. The van der Waals surface area contributed by atoms with E-state index in [0.717, 1.165) is 37.9 Å². The minimum Gasteiger partial charge on any atom is -0.478 e. The molecule has 19 heavy (non-hydrogen) atoms. The standard InChI is InChI=1S/C13H15FN2O3/c14-8-4-5-10(9(7-8)13(18)19)16-12(17)11-3-1-2-6-15-11/h4-5,7,11,15H,1-3,6H2,(H,16,17)(H,18,19). The lowest BCUT2D eigenvalue weighted by Gasteiger charge is -2.22. The molecule has 0 saturated carbocycles. The van der Waals surface area contributed by atoms with Gasteiger partial charge in [-0.25, -0.2) is 9.18 Å². The predicted octanol–water partition coefficient (Wildman–Crippen LogP) is 1.60. The SMILES string of the molecule is O=C(O)c1cc(F)ccc1NC(=O)C1CCCCN1. The van der Waals surface area contributed by atoms with Gasteiger partial charge in [0.25, 0.3) is 0 Å². The van der Waals surface area contributed by atoms with Gasteiger partial charge in [0.05, 0.1) is 17.3 Å². The minimum absolute atomic E-state index is 0.117. The number of anilines is 1. The van der Waals surface area contributed by atoms with E-state index in [9.17, 15) is 14.0 Å². The van der Waals surface area contributed by atoms with Crippen LogP contribution in [0.5, 0.6) is 0 Å². The van der Waals surface area contributed by atoms with Gasteiger partial charge in [-0.3, -0.25) is 4.79 Å². The van der Waals surface area contributed by atoms with Gasteiger partial charge in [-0.05, 0) is 37.6 Å². The Morgan fingerprint density at radius 1 is 1.37 bits per heavy atom. The van der Waals surface area contributed by atoms with E-state index in [2.05, 4.69) is 10.6 Å². The van der Waals surface area contributed by atoms with Crippen LogP contribution in [0.1, 0.15) is 29.6 Å². The van der Waals surface area contributed by atoms with Gasteiger partial charge in [0.15, 0.2) is 0 Å². The lowest BCUT2D eigenvalue weighted by molar-refractivity contribution is -0.118. The summed E-state index contributed by atoms with van der Waals surface area (Å²) in [6.07, 6.45) is 2.70. The first-order valence-electron chi connectivity index (χ1n) is 6.15. The Kier molecular flexibility index (Phi) is 4.11. The number of carboxylic acids is 1. The molecule has 1 aromatic rings. The van der Waals surface area contributed by atoms with Crippen molar-refractivity contribution in [1.82, 2.24) is 5.32 Å². The third-order valence-corrected chi connectivity index (χ3v) is 3.10. The Balaban J connectivity index is 2.13. The first-order valence-corrected chi connectivity index (χ1v) is 6.15. The topological polar surface area (TPSA) is 78.4 Å². The van der Waals surface area contributed by atoms with Crippen LogP contribution >= 0.6 is 0 Å². The van der Waals surface area contributed by atoms with E-state index >= 15 is 0 Å². The highest BCUT2D eigenvalue weighted by atomic mass is 19.1. The summed E-state index contributed by atoms with van der Waals surface area (Å²) in [5.41, 5.74) is -0.129. The minimum atomic E-state index is -1.27. The lowest BCUT2D eigenvalue weighted by Crippen LogP contribution is -2.43.